The van der Waals surface area contributed by atoms with E-state index >= 15 is 0 Å². The largest absolute Gasteiger partial charge is 0.469 e. The zero-order chi connectivity index (χ0) is 39.9. The molecule has 1 aromatic heterocycles. The highest BCUT2D eigenvalue weighted by Gasteiger charge is 2.38. The summed E-state index contributed by atoms with van der Waals surface area (Å²) >= 11 is 0. The van der Waals surface area contributed by atoms with Crippen molar-refractivity contribution in [2.45, 2.75) is 89.9 Å². The van der Waals surface area contributed by atoms with Crippen molar-refractivity contribution in [1.29, 1.82) is 0 Å². The fraction of sp³-hybridized carbons (Fsp3) is 0.727. The number of primary amides is 1. The monoisotopic (exact) mass is 774 g/mol. The molecular formula is C33H55N6O13P. The van der Waals surface area contributed by atoms with Crippen LogP contribution in [0.25, 0.3) is 0 Å². The number of methoxy groups -OCH3 is 1. The van der Waals surface area contributed by atoms with Gasteiger partial charge in [0.25, 0.3) is 0 Å². The molecule has 4 amide bonds. The highest BCUT2D eigenvalue weighted by Crippen LogP contribution is 2.39. The number of aromatic nitrogens is 2. The maximum absolute atomic E-state index is 13.9. The van der Waals surface area contributed by atoms with Gasteiger partial charge in [-0.25, -0.2) is 9.55 Å². The lowest BCUT2D eigenvalue weighted by Gasteiger charge is -2.28. The number of aliphatic hydroxyl groups excluding tert-OH is 1. The summed E-state index contributed by atoms with van der Waals surface area (Å²) in [6.07, 6.45) is 1.72. The minimum atomic E-state index is -5.05. The lowest BCUT2D eigenvalue weighted by atomic mass is 9.89. The van der Waals surface area contributed by atoms with E-state index in [0.717, 1.165) is 6.92 Å². The second-order valence-electron chi connectivity index (χ2n) is 13.6. The van der Waals surface area contributed by atoms with Gasteiger partial charge in [-0.3, -0.25) is 33.3 Å². The van der Waals surface area contributed by atoms with Crippen LogP contribution in [0.1, 0.15) is 65.0 Å². The Morgan fingerprint density at radius 3 is 2.28 bits per heavy atom. The van der Waals surface area contributed by atoms with E-state index in [1.807, 2.05) is 13.8 Å². The number of hydrogen-bond acceptors (Lipinski definition) is 12. The maximum Gasteiger partial charge on any atom is 0.469 e. The molecule has 20 heteroatoms. The molecule has 7 N–H and O–H groups in total. The topological polar surface area (TPSA) is 279 Å². The molecule has 1 aliphatic rings. The van der Waals surface area contributed by atoms with E-state index in [-0.39, 0.29) is 44.1 Å². The Bertz CT molecular complexity index is 1450. The summed E-state index contributed by atoms with van der Waals surface area (Å²) < 4.78 is 27.8. The van der Waals surface area contributed by atoms with Crippen LogP contribution in [0.4, 0.5) is 0 Å². The number of aryl methyl sites for hydroxylation is 1. The van der Waals surface area contributed by atoms with E-state index in [1.165, 1.54) is 24.5 Å². The molecule has 2 heterocycles. The summed E-state index contributed by atoms with van der Waals surface area (Å²) in [7, 11) is -1.82. The van der Waals surface area contributed by atoms with Crippen molar-refractivity contribution in [2.24, 2.45) is 30.5 Å². The molecule has 0 radical (unpaired) electrons. The standard InChI is InChI=1S/C33H55N6O13P/c1-20(2)13-25(36-33(46)27-7-6-9-39(27)30(43)8-10-51-12-11-50-5)28(41)15-22(14-23-17-35-19-38(23)4)32(45)37-26(18-40)29(42)16-24(31(34)44)21(3)52-53(47,48)49/h17,19-22,24-27,40H,6-16,18H2,1-5H3,(H2,34,44)(H,36,46)(H,37,45)(H2,47,48,49)/t21?,22-,24+,25+,26+,27+/m1/s1. The first-order chi connectivity index (χ1) is 24.9. The number of amides is 4. The van der Waals surface area contributed by atoms with Gasteiger partial charge in [-0.15, -0.1) is 0 Å². The molecule has 0 aliphatic carbocycles. The van der Waals surface area contributed by atoms with Crippen molar-refractivity contribution in [3.05, 3.63) is 18.2 Å². The third kappa shape index (κ3) is 15.4. The Hall–Kier alpha value is -3.58. The van der Waals surface area contributed by atoms with Gasteiger partial charge in [0.2, 0.25) is 23.6 Å². The second kappa shape index (κ2) is 22.0. The van der Waals surface area contributed by atoms with E-state index in [2.05, 4.69) is 20.1 Å². The van der Waals surface area contributed by atoms with Crippen molar-refractivity contribution in [3.8, 4) is 0 Å². The molecular weight excluding hydrogens is 719 g/mol. The quantitative estimate of drug-likeness (QED) is 0.0522. The summed E-state index contributed by atoms with van der Waals surface area (Å²) in [6, 6.07) is -3.37. The summed E-state index contributed by atoms with van der Waals surface area (Å²) in [6.45, 7) is 5.22. The first kappa shape index (κ1) is 45.6. The van der Waals surface area contributed by atoms with E-state index < -0.39 is 86.2 Å². The van der Waals surface area contributed by atoms with Crippen LogP contribution in [0.3, 0.4) is 0 Å². The smallest absolute Gasteiger partial charge is 0.394 e. The summed E-state index contributed by atoms with van der Waals surface area (Å²) in [5.41, 5.74) is 5.92. The molecule has 0 bridgehead atoms. The highest BCUT2D eigenvalue weighted by molar-refractivity contribution is 7.46. The minimum Gasteiger partial charge on any atom is -0.394 e. The molecule has 6 atom stereocenters. The van der Waals surface area contributed by atoms with Gasteiger partial charge in [-0.05, 0) is 32.1 Å². The molecule has 300 valence electrons. The van der Waals surface area contributed by atoms with Crippen LogP contribution >= 0.6 is 7.82 Å². The van der Waals surface area contributed by atoms with E-state index in [9.17, 15) is 38.4 Å². The lowest BCUT2D eigenvalue weighted by Crippen LogP contribution is -2.52. The number of carbonyl (C=O) groups excluding carboxylic acids is 6. The van der Waals surface area contributed by atoms with Crippen LogP contribution in [0, 0.1) is 17.8 Å². The molecule has 2 rings (SSSR count). The zero-order valence-corrected chi connectivity index (χ0v) is 31.9. The number of nitrogens with zero attached hydrogens (tertiary/aromatic N) is 3. The van der Waals surface area contributed by atoms with Crippen molar-refractivity contribution in [2.75, 3.05) is 40.1 Å². The number of ketones is 2. The number of hydrogen-bond donors (Lipinski definition) is 6. The second-order valence-corrected chi connectivity index (χ2v) is 14.8. The van der Waals surface area contributed by atoms with Gasteiger partial charge in [-0.1, -0.05) is 13.8 Å². The summed E-state index contributed by atoms with van der Waals surface area (Å²) in [5.74, 6) is -6.65. The lowest BCUT2D eigenvalue weighted by molar-refractivity contribution is -0.140. The number of nitrogens with two attached hydrogens (primary N) is 1. The van der Waals surface area contributed by atoms with Crippen LogP contribution in [-0.4, -0.2) is 129 Å². The highest BCUT2D eigenvalue weighted by atomic mass is 31.2. The van der Waals surface area contributed by atoms with E-state index in [4.69, 9.17) is 25.0 Å². The fourth-order valence-electron chi connectivity index (χ4n) is 6.04. The molecule has 1 saturated heterocycles. The number of rotatable bonds is 25. The zero-order valence-electron chi connectivity index (χ0n) is 31.0. The van der Waals surface area contributed by atoms with Gasteiger partial charge < -0.3 is 50.2 Å². The fourth-order valence-corrected chi connectivity index (χ4v) is 6.62. The molecule has 1 aromatic rings. The number of aliphatic hydroxyl groups is 1. The van der Waals surface area contributed by atoms with Gasteiger partial charge in [0.05, 0.1) is 63.2 Å². The number of ether oxygens (including phenoxy) is 2. The van der Waals surface area contributed by atoms with Crippen molar-refractivity contribution >= 4 is 43.0 Å². The maximum atomic E-state index is 13.9. The Morgan fingerprint density at radius 1 is 1.04 bits per heavy atom. The molecule has 53 heavy (non-hydrogen) atoms. The molecule has 1 aliphatic heterocycles. The molecule has 0 aromatic carbocycles. The number of phosphoric ester groups is 1. The van der Waals surface area contributed by atoms with E-state index in [0.29, 0.717) is 38.3 Å². The van der Waals surface area contributed by atoms with Crippen molar-refractivity contribution in [1.82, 2.24) is 25.1 Å². The Labute approximate surface area is 308 Å². The Balaban J connectivity index is 2.23. The number of nitrogens with one attached hydrogen (secondary N) is 2. The average Bonchev–Trinajstić information content (AvgIpc) is 3.73. The predicted octanol–water partition coefficient (Wildman–Crippen LogP) is -0.851. The molecule has 1 fully saturated rings. The molecule has 0 spiro atoms. The van der Waals surface area contributed by atoms with Crippen LogP contribution in [0.2, 0.25) is 0 Å². The van der Waals surface area contributed by atoms with E-state index in [1.54, 1.807) is 11.6 Å². The number of phosphoric acid groups is 1. The van der Waals surface area contributed by atoms with Crippen LogP contribution in [-0.2, 0) is 60.8 Å². The van der Waals surface area contributed by atoms with Crippen LogP contribution < -0.4 is 16.4 Å². The first-order valence-corrected chi connectivity index (χ1v) is 19.0. The number of imidazole rings is 1. The van der Waals surface area contributed by atoms with Crippen LogP contribution in [0.15, 0.2) is 12.5 Å². The van der Waals surface area contributed by atoms with Crippen molar-refractivity contribution in [3.63, 3.8) is 0 Å². The van der Waals surface area contributed by atoms with Crippen LogP contribution in [0.5, 0.6) is 0 Å². The normalized spacial score (nSPS) is 17.5. The number of carbonyl (C=O) groups is 6. The predicted molar refractivity (Wildman–Crippen MR) is 187 cm³/mol. The summed E-state index contributed by atoms with van der Waals surface area (Å²) in [5, 5.41) is 15.3. The Morgan fingerprint density at radius 2 is 1.72 bits per heavy atom. The third-order valence-electron chi connectivity index (χ3n) is 8.91. The minimum absolute atomic E-state index is 0.0167. The first-order valence-electron chi connectivity index (χ1n) is 17.5. The Kier molecular flexibility index (Phi) is 18.9. The SMILES string of the molecule is COCCOCCC(=O)N1CCC[C@H]1C(=O)N[C@@H](CC(C)C)C(=O)C[C@@H](Cc1cncn1C)C(=O)N[C@@H](CO)C(=O)C[C@H](C(N)=O)C(C)OP(=O)(O)O. The molecule has 1 unspecified atom stereocenters. The van der Waals surface area contributed by atoms with Gasteiger partial charge in [0, 0.05) is 51.9 Å². The van der Waals surface area contributed by atoms with Gasteiger partial charge in [-0.2, -0.15) is 0 Å². The molecule has 0 saturated carbocycles. The third-order valence-corrected chi connectivity index (χ3v) is 9.52. The number of likely N-dealkylation sites (tertiary alicyclic amines) is 1. The average molecular weight is 775 g/mol. The summed E-state index contributed by atoms with van der Waals surface area (Å²) in [4.78, 5) is 103. The van der Waals surface area contributed by atoms with Crippen molar-refractivity contribution < 1.29 is 62.2 Å². The van der Waals surface area contributed by atoms with Gasteiger partial charge in [0.15, 0.2) is 11.6 Å². The van der Waals surface area contributed by atoms with Gasteiger partial charge in [0.1, 0.15) is 12.1 Å². The molecule has 19 nitrogen and oxygen atoms in total. The van der Waals surface area contributed by atoms with Gasteiger partial charge >= 0.3 is 7.82 Å². The number of Topliss-reactive ketones (excluding diaryl/α,β-unsaturated/α-hetero) is 2.